The Labute approximate surface area is 188 Å². The molecule has 0 bridgehead atoms. The maximum absolute atomic E-state index is 11.8. The molecule has 1 aliphatic heterocycles. The molecular weight excluding hydrogens is 430 g/mol. The number of aromatic nitrogens is 2. The molecule has 2 aliphatic rings. The summed E-state index contributed by atoms with van der Waals surface area (Å²) in [7, 11) is 0. The molecule has 2 aromatic heterocycles. The highest BCUT2D eigenvalue weighted by Crippen LogP contribution is 2.32. The van der Waals surface area contributed by atoms with E-state index in [9.17, 15) is 14.7 Å². The van der Waals surface area contributed by atoms with Gasteiger partial charge in [-0.15, -0.1) is 0 Å². The largest absolute Gasteiger partial charge is 0.447 e. The first-order valence-electron chi connectivity index (χ1n) is 10.6. The quantitative estimate of drug-likeness (QED) is 0.481. The van der Waals surface area contributed by atoms with Crippen LogP contribution in [0.15, 0.2) is 30.3 Å². The van der Waals surface area contributed by atoms with Crippen molar-refractivity contribution in [1.29, 1.82) is 0 Å². The van der Waals surface area contributed by atoms with Crippen LogP contribution in [-0.2, 0) is 4.74 Å². The van der Waals surface area contributed by atoms with E-state index in [1.165, 1.54) is 11.3 Å². The first-order valence-corrected chi connectivity index (χ1v) is 11.4. The van der Waals surface area contributed by atoms with Crippen molar-refractivity contribution in [3.05, 3.63) is 35.9 Å². The highest BCUT2D eigenvalue weighted by Gasteiger charge is 2.24. The summed E-state index contributed by atoms with van der Waals surface area (Å²) in [5.41, 5.74) is 2.09. The lowest BCUT2D eigenvalue weighted by Crippen LogP contribution is -2.28. The van der Waals surface area contributed by atoms with Gasteiger partial charge in [0.2, 0.25) is 0 Å². The zero-order chi connectivity index (χ0) is 22.1. The first kappa shape index (κ1) is 20.7. The predicted molar refractivity (Wildman–Crippen MR) is 123 cm³/mol. The summed E-state index contributed by atoms with van der Waals surface area (Å²) in [6.45, 7) is 0.926. The lowest BCUT2D eigenvalue weighted by atomic mass is 9.93. The monoisotopic (exact) mass is 453 g/mol. The molecule has 166 valence electrons. The van der Waals surface area contributed by atoms with E-state index in [2.05, 4.69) is 20.6 Å². The van der Waals surface area contributed by atoms with E-state index >= 15 is 0 Å². The minimum Gasteiger partial charge on any atom is -0.447 e. The Hall–Kier alpha value is -3.24. The van der Waals surface area contributed by atoms with Crippen LogP contribution in [0.25, 0.3) is 10.2 Å². The number of hydrogen-bond acceptors (Lipinski definition) is 9. The Balaban J connectivity index is 1.35. The van der Waals surface area contributed by atoms with Gasteiger partial charge in [-0.25, -0.2) is 14.8 Å². The number of anilines is 4. The highest BCUT2D eigenvalue weighted by atomic mass is 32.1. The zero-order valence-corrected chi connectivity index (χ0v) is 18.1. The number of fused-ring (bicyclic) bond motifs is 1. The summed E-state index contributed by atoms with van der Waals surface area (Å²) in [5, 5.41) is 16.9. The fraction of sp³-hybridized carbons (Fsp3) is 0.364. The Kier molecular flexibility index (Phi) is 5.62. The summed E-state index contributed by atoms with van der Waals surface area (Å²) >= 11 is 1.44. The fourth-order valence-electron chi connectivity index (χ4n) is 4.06. The van der Waals surface area contributed by atoms with Crippen LogP contribution in [0.4, 0.5) is 27.2 Å². The number of aldehydes is 1. The van der Waals surface area contributed by atoms with Crippen LogP contribution >= 0.6 is 11.3 Å². The molecule has 10 heteroatoms. The minimum atomic E-state index is -0.338. The Morgan fingerprint density at radius 2 is 1.94 bits per heavy atom. The standard InChI is InChI=1S/C22H23N5O4S/c28-12-13-9-19(23-14-1-4-16(29)5-2-14)25-20(10-13)26-21-24-17-6-3-15(11-18(17)32-21)27-7-8-31-22(27)30/h3,6,9-12,14,16,29H,1-2,4-5,7-8H2,(H2,23,24,25,26). The number of hydrogen-bond donors (Lipinski definition) is 3. The van der Waals surface area contributed by atoms with Crippen LogP contribution in [-0.4, -0.2) is 52.8 Å². The number of rotatable bonds is 6. The van der Waals surface area contributed by atoms with E-state index in [4.69, 9.17) is 4.74 Å². The first-order chi connectivity index (χ1) is 15.6. The van der Waals surface area contributed by atoms with E-state index in [0.717, 1.165) is 47.9 Å². The van der Waals surface area contributed by atoms with Crippen molar-refractivity contribution in [2.75, 3.05) is 28.7 Å². The average molecular weight is 454 g/mol. The molecule has 2 fully saturated rings. The molecule has 5 rings (SSSR count). The third-order valence-corrected chi connectivity index (χ3v) is 6.65. The molecule has 32 heavy (non-hydrogen) atoms. The number of amides is 1. The van der Waals surface area contributed by atoms with Crippen LogP contribution in [0.5, 0.6) is 0 Å². The number of ether oxygens (including phenoxy) is 1. The predicted octanol–water partition coefficient (Wildman–Crippen LogP) is 3.92. The van der Waals surface area contributed by atoms with Gasteiger partial charge in [0.25, 0.3) is 0 Å². The number of cyclic esters (lactones) is 1. The number of carbonyl (C=O) groups excluding carboxylic acids is 2. The Bertz CT molecular complexity index is 1160. The lowest BCUT2D eigenvalue weighted by Gasteiger charge is -2.26. The molecule has 1 aliphatic carbocycles. The Morgan fingerprint density at radius 3 is 2.69 bits per heavy atom. The smallest absolute Gasteiger partial charge is 0.414 e. The number of nitrogens with one attached hydrogen (secondary N) is 2. The number of pyridine rings is 1. The van der Waals surface area contributed by atoms with Crippen molar-refractivity contribution < 1.29 is 19.4 Å². The van der Waals surface area contributed by atoms with Gasteiger partial charge in [0.15, 0.2) is 5.13 Å². The second-order valence-electron chi connectivity index (χ2n) is 8.00. The SMILES string of the molecule is O=Cc1cc(Nc2nc3ccc(N4CCOC4=O)cc3s2)nc(NC2CCC(O)CC2)c1. The molecule has 3 N–H and O–H groups in total. The van der Waals surface area contributed by atoms with E-state index in [-0.39, 0.29) is 18.2 Å². The summed E-state index contributed by atoms with van der Waals surface area (Å²) in [6.07, 6.45) is 3.48. The Morgan fingerprint density at radius 1 is 1.12 bits per heavy atom. The second-order valence-corrected chi connectivity index (χ2v) is 9.03. The molecule has 0 atom stereocenters. The molecular formula is C22H23N5O4S. The minimum absolute atomic E-state index is 0.221. The van der Waals surface area contributed by atoms with Gasteiger partial charge < -0.3 is 20.5 Å². The number of thiazole rings is 1. The third kappa shape index (κ3) is 4.37. The van der Waals surface area contributed by atoms with Crippen LogP contribution in [0.3, 0.4) is 0 Å². The number of benzene rings is 1. The molecule has 1 aromatic carbocycles. The van der Waals surface area contributed by atoms with Crippen molar-refractivity contribution in [1.82, 2.24) is 9.97 Å². The normalized spacial score (nSPS) is 20.9. The third-order valence-electron chi connectivity index (χ3n) is 5.71. The number of nitrogens with zero attached hydrogens (tertiary/aromatic N) is 3. The van der Waals surface area contributed by atoms with Crippen molar-refractivity contribution >= 4 is 56.4 Å². The van der Waals surface area contributed by atoms with Crippen LogP contribution in [0.1, 0.15) is 36.0 Å². The van der Waals surface area contributed by atoms with Gasteiger partial charge in [-0.2, -0.15) is 0 Å². The van der Waals surface area contributed by atoms with Crippen molar-refractivity contribution in [3.63, 3.8) is 0 Å². The average Bonchev–Trinajstić information content (AvgIpc) is 3.39. The van der Waals surface area contributed by atoms with Gasteiger partial charge in [-0.1, -0.05) is 11.3 Å². The van der Waals surface area contributed by atoms with E-state index in [1.807, 2.05) is 18.2 Å². The molecule has 1 saturated carbocycles. The maximum Gasteiger partial charge on any atom is 0.414 e. The fourth-order valence-corrected chi connectivity index (χ4v) is 4.97. The number of aliphatic hydroxyl groups excluding tert-OH is 1. The van der Waals surface area contributed by atoms with E-state index < -0.39 is 0 Å². The molecule has 9 nitrogen and oxygen atoms in total. The van der Waals surface area contributed by atoms with Gasteiger partial charge in [0.05, 0.1) is 22.9 Å². The van der Waals surface area contributed by atoms with Crippen molar-refractivity contribution in [3.8, 4) is 0 Å². The maximum atomic E-state index is 11.8. The summed E-state index contributed by atoms with van der Waals surface area (Å²) in [5.74, 6) is 1.14. The number of aliphatic hydroxyl groups is 1. The molecule has 1 amide bonds. The number of carbonyl (C=O) groups is 2. The van der Waals surface area contributed by atoms with Gasteiger partial charge in [0.1, 0.15) is 24.5 Å². The highest BCUT2D eigenvalue weighted by molar-refractivity contribution is 7.22. The molecule has 0 spiro atoms. The van der Waals surface area contributed by atoms with Crippen LogP contribution in [0.2, 0.25) is 0 Å². The van der Waals surface area contributed by atoms with Gasteiger partial charge in [0, 0.05) is 17.3 Å². The van der Waals surface area contributed by atoms with Crippen molar-refractivity contribution in [2.24, 2.45) is 0 Å². The zero-order valence-electron chi connectivity index (χ0n) is 17.3. The molecule has 0 radical (unpaired) electrons. The molecule has 3 aromatic rings. The summed E-state index contributed by atoms with van der Waals surface area (Å²) < 4.78 is 5.94. The van der Waals surface area contributed by atoms with E-state index in [0.29, 0.717) is 35.5 Å². The lowest BCUT2D eigenvalue weighted by molar-refractivity contribution is 0.112. The van der Waals surface area contributed by atoms with Gasteiger partial charge >= 0.3 is 6.09 Å². The van der Waals surface area contributed by atoms with E-state index in [1.54, 1.807) is 17.0 Å². The van der Waals surface area contributed by atoms with Gasteiger partial charge in [-0.05, 0) is 56.0 Å². The van der Waals surface area contributed by atoms with Crippen molar-refractivity contribution in [2.45, 2.75) is 37.8 Å². The molecule has 3 heterocycles. The topological polar surface area (TPSA) is 117 Å². The molecule has 0 unspecified atom stereocenters. The van der Waals surface area contributed by atoms with Gasteiger partial charge in [-0.3, -0.25) is 9.69 Å². The molecule has 1 saturated heterocycles. The van der Waals surface area contributed by atoms with Crippen LogP contribution in [0, 0.1) is 0 Å². The summed E-state index contributed by atoms with van der Waals surface area (Å²) in [6, 6.07) is 9.28. The summed E-state index contributed by atoms with van der Waals surface area (Å²) in [4.78, 5) is 34.1. The second kappa shape index (κ2) is 8.71. The van der Waals surface area contributed by atoms with Crippen LogP contribution < -0.4 is 15.5 Å².